The number of ether oxygens (including phenoxy) is 1. The van der Waals surface area contributed by atoms with Crippen molar-refractivity contribution in [2.24, 2.45) is 0 Å². The second-order valence-electron chi connectivity index (χ2n) is 3.75. The summed E-state index contributed by atoms with van der Waals surface area (Å²) < 4.78 is 7.37. The molecule has 19 heavy (non-hydrogen) atoms. The number of imide groups is 1. The average molecular weight is 501 g/mol. The number of likely N-dealkylation sites (N-methyl/N-ethyl adjacent to an activating group) is 1. The van der Waals surface area contributed by atoms with Gasteiger partial charge in [-0.3, -0.25) is 14.5 Å². The number of amides is 2. The Morgan fingerprint density at radius 2 is 2.00 bits per heavy atom. The van der Waals surface area contributed by atoms with Crippen molar-refractivity contribution in [3.05, 3.63) is 29.7 Å². The lowest BCUT2D eigenvalue weighted by Crippen LogP contribution is -2.22. The minimum absolute atomic E-state index is 0.254. The van der Waals surface area contributed by atoms with Gasteiger partial charge in [0.05, 0.1) is 15.6 Å². The molecule has 0 saturated carbocycles. The van der Waals surface area contributed by atoms with E-state index in [1.54, 1.807) is 13.2 Å². The van der Waals surface area contributed by atoms with Crippen LogP contribution in [-0.4, -0.2) is 30.2 Å². The molecule has 1 aliphatic heterocycles. The number of hydrogen-bond donors (Lipinski definition) is 0. The Morgan fingerprint density at radius 1 is 1.32 bits per heavy atom. The molecule has 1 fully saturated rings. The van der Waals surface area contributed by atoms with Crippen molar-refractivity contribution in [3.63, 3.8) is 0 Å². The van der Waals surface area contributed by atoms with E-state index in [9.17, 15) is 9.59 Å². The number of halogens is 2. The van der Waals surface area contributed by atoms with E-state index < -0.39 is 0 Å². The normalized spacial score (nSPS) is 17.5. The molecule has 0 spiro atoms. The van der Waals surface area contributed by atoms with Crippen LogP contribution in [0, 0.1) is 7.14 Å². The van der Waals surface area contributed by atoms with Crippen LogP contribution < -0.4 is 4.74 Å². The highest BCUT2D eigenvalue weighted by atomic mass is 127. The first-order chi connectivity index (χ1) is 8.93. The molecule has 0 radical (unpaired) electrons. The van der Waals surface area contributed by atoms with Gasteiger partial charge in [0.2, 0.25) is 0 Å². The van der Waals surface area contributed by atoms with Gasteiger partial charge < -0.3 is 4.74 Å². The van der Waals surface area contributed by atoms with Gasteiger partial charge in [0.25, 0.3) is 11.1 Å². The lowest BCUT2D eigenvalue weighted by Gasteiger charge is -2.08. The molecule has 1 aromatic rings. The predicted molar refractivity (Wildman–Crippen MR) is 92.2 cm³/mol. The standard InChI is InChI=1S/C12H9I2NO3S/c1-15-11(16)9(19-12(15)17)4-6-3-7(13)5-8(14)10(6)18-2/h3-5H,1-2H3/b9-4+. The number of rotatable bonds is 2. The molecule has 1 saturated heterocycles. The zero-order chi connectivity index (χ0) is 14.2. The molecule has 7 heteroatoms. The molecule has 0 aliphatic carbocycles. The molecule has 100 valence electrons. The van der Waals surface area contributed by atoms with E-state index in [-0.39, 0.29) is 11.1 Å². The SMILES string of the molecule is COc1c(I)cc(I)cc1/C=C1/SC(=O)N(C)C1=O. The molecule has 1 aromatic carbocycles. The second kappa shape index (κ2) is 6.00. The van der Waals surface area contributed by atoms with Gasteiger partial charge in [-0.25, -0.2) is 0 Å². The Labute approximate surface area is 142 Å². The Kier molecular flexibility index (Phi) is 4.77. The maximum absolute atomic E-state index is 11.9. The second-order valence-corrected chi connectivity index (χ2v) is 7.15. The Balaban J connectivity index is 2.49. The fourth-order valence-electron chi connectivity index (χ4n) is 1.59. The van der Waals surface area contributed by atoms with Crippen LogP contribution in [-0.2, 0) is 4.79 Å². The van der Waals surface area contributed by atoms with Crippen LogP contribution >= 0.6 is 56.9 Å². The van der Waals surface area contributed by atoms with Crippen molar-refractivity contribution < 1.29 is 14.3 Å². The van der Waals surface area contributed by atoms with Gasteiger partial charge >= 0.3 is 0 Å². The summed E-state index contributed by atoms with van der Waals surface area (Å²) >= 11 is 5.33. The molecule has 1 heterocycles. The van der Waals surface area contributed by atoms with Gasteiger partial charge in [0, 0.05) is 16.2 Å². The number of carbonyl (C=O) groups is 2. The summed E-state index contributed by atoms with van der Waals surface area (Å²) in [6.45, 7) is 0. The first-order valence-electron chi connectivity index (χ1n) is 5.18. The number of methoxy groups -OCH3 is 1. The lowest BCUT2D eigenvalue weighted by molar-refractivity contribution is -0.121. The summed E-state index contributed by atoms with van der Waals surface area (Å²) in [7, 11) is 3.07. The van der Waals surface area contributed by atoms with Crippen LogP contribution in [0.2, 0.25) is 0 Å². The molecule has 0 bridgehead atoms. The Hall–Kier alpha value is -0.290. The van der Waals surface area contributed by atoms with Gasteiger partial charge in [-0.2, -0.15) is 0 Å². The van der Waals surface area contributed by atoms with Crippen molar-refractivity contribution in [1.82, 2.24) is 4.90 Å². The molecule has 2 rings (SSSR count). The average Bonchev–Trinajstić information content (AvgIpc) is 2.57. The molecular formula is C12H9I2NO3S. The number of thioether (sulfide) groups is 1. The third kappa shape index (κ3) is 3.07. The minimum Gasteiger partial charge on any atom is -0.495 e. The van der Waals surface area contributed by atoms with Crippen LogP contribution in [0.4, 0.5) is 4.79 Å². The van der Waals surface area contributed by atoms with Gasteiger partial charge in [-0.1, -0.05) is 0 Å². The third-order valence-corrected chi connectivity index (χ3v) is 4.90. The fraction of sp³-hybridized carbons (Fsp3) is 0.167. The topological polar surface area (TPSA) is 46.6 Å². The van der Waals surface area contributed by atoms with Crippen molar-refractivity contribution in [2.75, 3.05) is 14.2 Å². The highest BCUT2D eigenvalue weighted by Gasteiger charge is 2.32. The Morgan fingerprint density at radius 3 is 2.53 bits per heavy atom. The van der Waals surface area contributed by atoms with Gasteiger partial charge in [0.15, 0.2) is 0 Å². The first kappa shape index (κ1) is 15.1. The first-order valence-corrected chi connectivity index (χ1v) is 8.16. The van der Waals surface area contributed by atoms with E-state index in [1.165, 1.54) is 7.05 Å². The van der Waals surface area contributed by atoms with Crippen LogP contribution in [0.1, 0.15) is 5.56 Å². The zero-order valence-corrected chi connectivity index (χ0v) is 15.2. The molecule has 0 aromatic heterocycles. The fourth-order valence-corrected chi connectivity index (χ4v) is 4.52. The van der Waals surface area contributed by atoms with Crippen LogP contribution in [0.15, 0.2) is 17.0 Å². The largest absolute Gasteiger partial charge is 0.495 e. The minimum atomic E-state index is -0.272. The van der Waals surface area contributed by atoms with Crippen molar-refractivity contribution >= 4 is 74.2 Å². The smallest absolute Gasteiger partial charge is 0.293 e. The third-order valence-electron chi connectivity index (χ3n) is 2.51. The summed E-state index contributed by atoms with van der Waals surface area (Å²) in [5.74, 6) is 0.440. The zero-order valence-electron chi connectivity index (χ0n) is 10.1. The van der Waals surface area contributed by atoms with Crippen LogP contribution in [0.25, 0.3) is 6.08 Å². The van der Waals surface area contributed by atoms with Gasteiger partial charge in [0.1, 0.15) is 5.75 Å². The summed E-state index contributed by atoms with van der Waals surface area (Å²) in [6.07, 6.45) is 1.71. The number of hydrogen-bond acceptors (Lipinski definition) is 4. The molecular weight excluding hydrogens is 492 g/mol. The molecule has 4 nitrogen and oxygen atoms in total. The summed E-state index contributed by atoms with van der Waals surface area (Å²) in [6, 6.07) is 3.91. The van der Waals surface area contributed by atoms with Crippen molar-refractivity contribution in [2.45, 2.75) is 0 Å². The Bertz CT molecular complexity index is 601. The number of carbonyl (C=O) groups excluding carboxylic acids is 2. The van der Waals surface area contributed by atoms with E-state index in [0.717, 1.165) is 29.4 Å². The van der Waals surface area contributed by atoms with E-state index in [0.29, 0.717) is 10.7 Å². The van der Waals surface area contributed by atoms with E-state index in [4.69, 9.17) is 4.74 Å². The number of benzene rings is 1. The quantitative estimate of drug-likeness (QED) is 0.460. The van der Waals surface area contributed by atoms with Crippen molar-refractivity contribution in [1.29, 1.82) is 0 Å². The monoisotopic (exact) mass is 501 g/mol. The molecule has 2 amide bonds. The molecule has 1 aliphatic rings. The summed E-state index contributed by atoms with van der Waals surface area (Å²) in [5, 5.41) is -0.254. The lowest BCUT2D eigenvalue weighted by atomic mass is 10.2. The highest BCUT2D eigenvalue weighted by Crippen LogP contribution is 2.35. The predicted octanol–water partition coefficient (Wildman–Crippen LogP) is 3.57. The van der Waals surface area contributed by atoms with Gasteiger partial charge in [-0.05, 0) is 75.2 Å². The van der Waals surface area contributed by atoms with Crippen molar-refractivity contribution in [3.8, 4) is 5.75 Å². The maximum atomic E-state index is 11.9. The van der Waals surface area contributed by atoms with Crippen LogP contribution in [0.5, 0.6) is 5.75 Å². The van der Waals surface area contributed by atoms with Gasteiger partial charge in [-0.15, -0.1) is 0 Å². The summed E-state index contributed by atoms with van der Waals surface area (Å²) in [5.41, 5.74) is 0.803. The van der Waals surface area contributed by atoms with Crippen LogP contribution in [0.3, 0.4) is 0 Å². The van der Waals surface area contributed by atoms with E-state index in [2.05, 4.69) is 45.2 Å². The molecule has 0 N–H and O–H groups in total. The highest BCUT2D eigenvalue weighted by molar-refractivity contribution is 14.1. The summed E-state index contributed by atoms with van der Waals surface area (Å²) in [4.78, 5) is 24.9. The van der Waals surface area contributed by atoms with E-state index >= 15 is 0 Å². The molecule has 0 atom stereocenters. The molecule has 0 unspecified atom stereocenters. The maximum Gasteiger partial charge on any atom is 0.293 e. The van der Waals surface area contributed by atoms with E-state index in [1.807, 2.05) is 12.1 Å². The number of nitrogens with zero attached hydrogens (tertiary/aromatic N) is 1.